The molecule has 0 aliphatic rings. The largest absolute Gasteiger partial charge is 0.396 e. The van der Waals surface area contributed by atoms with E-state index in [1.165, 1.54) is 11.3 Å². The minimum absolute atomic E-state index is 0.285. The summed E-state index contributed by atoms with van der Waals surface area (Å²) in [6.07, 6.45) is 3.18. The molecule has 2 heteroatoms. The molecule has 0 saturated carbocycles. The van der Waals surface area contributed by atoms with E-state index in [4.69, 9.17) is 5.11 Å². The molecule has 0 saturated heterocycles. The Morgan fingerprint density at radius 1 is 1.46 bits per heavy atom. The van der Waals surface area contributed by atoms with Crippen LogP contribution >= 0.6 is 0 Å². The van der Waals surface area contributed by atoms with Crippen LogP contribution in [0.2, 0.25) is 0 Å². The van der Waals surface area contributed by atoms with Crippen molar-refractivity contribution in [3.8, 4) is 0 Å². The lowest BCUT2D eigenvalue weighted by atomic mass is 10.1. The van der Waals surface area contributed by atoms with Crippen LogP contribution in [0.15, 0.2) is 12.3 Å². The number of aromatic nitrogens is 1. The van der Waals surface area contributed by atoms with Gasteiger partial charge in [0.15, 0.2) is 0 Å². The third-order valence-corrected chi connectivity index (χ3v) is 2.54. The maximum atomic E-state index is 9.07. The standard InChI is InChI=1S/C11H19NO/c1-4-11(8-13)7-12-6-9(2)5-10(12)3/h5-6,11,13H,4,7-8H2,1-3H3. The smallest absolute Gasteiger partial charge is 0.0476 e. The topological polar surface area (TPSA) is 25.2 Å². The quantitative estimate of drug-likeness (QED) is 0.756. The highest BCUT2D eigenvalue weighted by molar-refractivity contribution is 5.15. The molecule has 1 aromatic heterocycles. The summed E-state index contributed by atoms with van der Waals surface area (Å²) < 4.78 is 2.22. The lowest BCUT2D eigenvalue weighted by Gasteiger charge is -2.13. The minimum atomic E-state index is 0.285. The van der Waals surface area contributed by atoms with Crippen LogP contribution in [0.4, 0.5) is 0 Å². The highest BCUT2D eigenvalue weighted by Gasteiger charge is 2.07. The predicted molar refractivity (Wildman–Crippen MR) is 54.8 cm³/mol. The average molecular weight is 181 g/mol. The van der Waals surface area contributed by atoms with Crippen molar-refractivity contribution in [1.82, 2.24) is 4.57 Å². The molecule has 0 aromatic carbocycles. The Morgan fingerprint density at radius 2 is 2.15 bits per heavy atom. The Bertz CT molecular complexity index is 261. The van der Waals surface area contributed by atoms with Crippen molar-refractivity contribution in [1.29, 1.82) is 0 Å². The molecule has 74 valence electrons. The van der Waals surface area contributed by atoms with Gasteiger partial charge in [0.1, 0.15) is 0 Å². The maximum absolute atomic E-state index is 9.07. The second kappa shape index (κ2) is 4.47. The molecule has 1 atom stereocenters. The minimum Gasteiger partial charge on any atom is -0.396 e. The molecule has 1 aromatic rings. The van der Waals surface area contributed by atoms with Gasteiger partial charge in [-0.15, -0.1) is 0 Å². The van der Waals surface area contributed by atoms with Gasteiger partial charge in [-0.3, -0.25) is 0 Å². The van der Waals surface area contributed by atoms with Crippen LogP contribution in [0, 0.1) is 19.8 Å². The van der Waals surface area contributed by atoms with Crippen molar-refractivity contribution < 1.29 is 5.11 Å². The molecule has 1 rings (SSSR count). The summed E-state index contributed by atoms with van der Waals surface area (Å²) in [5, 5.41) is 9.07. The molecule has 0 bridgehead atoms. The van der Waals surface area contributed by atoms with Gasteiger partial charge in [0, 0.05) is 25.0 Å². The van der Waals surface area contributed by atoms with Crippen molar-refractivity contribution in [2.75, 3.05) is 6.61 Å². The summed E-state index contributed by atoms with van der Waals surface area (Å²) in [7, 11) is 0. The number of aliphatic hydroxyl groups excluding tert-OH is 1. The van der Waals surface area contributed by atoms with Crippen molar-refractivity contribution in [3.05, 3.63) is 23.5 Å². The van der Waals surface area contributed by atoms with Crippen molar-refractivity contribution in [2.45, 2.75) is 33.7 Å². The molecule has 0 fully saturated rings. The van der Waals surface area contributed by atoms with Crippen LogP contribution in [0.3, 0.4) is 0 Å². The van der Waals surface area contributed by atoms with E-state index in [2.05, 4.69) is 37.6 Å². The lowest BCUT2D eigenvalue weighted by molar-refractivity contribution is 0.206. The molecule has 2 nitrogen and oxygen atoms in total. The average Bonchev–Trinajstić information content (AvgIpc) is 2.41. The highest BCUT2D eigenvalue weighted by atomic mass is 16.3. The first-order chi connectivity index (χ1) is 6.17. The van der Waals surface area contributed by atoms with Crippen molar-refractivity contribution in [3.63, 3.8) is 0 Å². The second-order valence-electron chi connectivity index (χ2n) is 3.77. The Hall–Kier alpha value is -0.760. The summed E-state index contributed by atoms with van der Waals surface area (Å²) in [6, 6.07) is 2.17. The summed E-state index contributed by atoms with van der Waals surface area (Å²) in [5.41, 5.74) is 2.58. The summed E-state index contributed by atoms with van der Waals surface area (Å²) in [5.74, 6) is 0.394. The van der Waals surface area contributed by atoms with Gasteiger partial charge in [-0.2, -0.15) is 0 Å². The van der Waals surface area contributed by atoms with E-state index in [0.29, 0.717) is 5.92 Å². The first-order valence-electron chi connectivity index (χ1n) is 4.91. The SMILES string of the molecule is CCC(CO)Cn1cc(C)cc1C. The van der Waals surface area contributed by atoms with Gasteiger partial charge in [-0.1, -0.05) is 6.92 Å². The fourth-order valence-electron chi connectivity index (χ4n) is 1.59. The summed E-state index contributed by atoms with van der Waals surface area (Å²) in [4.78, 5) is 0. The first-order valence-corrected chi connectivity index (χ1v) is 4.91. The van der Waals surface area contributed by atoms with Gasteiger partial charge < -0.3 is 9.67 Å². The van der Waals surface area contributed by atoms with Gasteiger partial charge in [-0.25, -0.2) is 0 Å². The van der Waals surface area contributed by atoms with Crippen molar-refractivity contribution >= 4 is 0 Å². The molecule has 0 amide bonds. The lowest BCUT2D eigenvalue weighted by Crippen LogP contribution is -2.13. The Kier molecular flexibility index (Phi) is 3.55. The number of nitrogens with zero attached hydrogens (tertiary/aromatic N) is 1. The highest BCUT2D eigenvalue weighted by Crippen LogP contribution is 2.11. The zero-order valence-electron chi connectivity index (χ0n) is 8.75. The summed E-state index contributed by atoms with van der Waals surface area (Å²) >= 11 is 0. The number of aryl methyl sites for hydroxylation is 2. The van der Waals surface area contributed by atoms with E-state index < -0.39 is 0 Å². The normalized spacial score (nSPS) is 13.2. The van der Waals surface area contributed by atoms with E-state index in [1.54, 1.807) is 0 Å². The number of hydrogen-bond donors (Lipinski definition) is 1. The monoisotopic (exact) mass is 181 g/mol. The Balaban J connectivity index is 2.67. The van der Waals surface area contributed by atoms with E-state index in [-0.39, 0.29) is 6.61 Å². The van der Waals surface area contributed by atoms with Crippen LogP contribution in [-0.2, 0) is 6.54 Å². The molecule has 1 unspecified atom stereocenters. The second-order valence-corrected chi connectivity index (χ2v) is 3.77. The van der Waals surface area contributed by atoms with Crippen LogP contribution in [-0.4, -0.2) is 16.3 Å². The zero-order chi connectivity index (χ0) is 9.84. The molecule has 1 N–H and O–H groups in total. The number of aliphatic hydroxyl groups is 1. The van der Waals surface area contributed by atoms with E-state index in [0.717, 1.165) is 13.0 Å². The molecule has 13 heavy (non-hydrogen) atoms. The van der Waals surface area contributed by atoms with Crippen LogP contribution in [0.1, 0.15) is 24.6 Å². The molecule has 0 aliphatic carbocycles. The van der Waals surface area contributed by atoms with Crippen LogP contribution in [0.5, 0.6) is 0 Å². The summed E-state index contributed by atoms with van der Waals surface area (Å²) in [6.45, 7) is 7.55. The molecular formula is C11H19NO. The van der Waals surface area contributed by atoms with Gasteiger partial charge in [0.05, 0.1) is 0 Å². The Labute approximate surface area is 80.2 Å². The fourth-order valence-corrected chi connectivity index (χ4v) is 1.59. The van der Waals surface area contributed by atoms with Gasteiger partial charge in [0.25, 0.3) is 0 Å². The van der Waals surface area contributed by atoms with Crippen molar-refractivity contribution in [2.24, 2.45) is 5.92 Å². The van der Waals surface area contributed by atoms with Crippen LogP contribution < -0.4 is 0 Å². The number of hydrogen-bond acceptors (Lipinski definition) is 1. The molecule has 0 aliphatic heterocycles. The van der Waals surface area contributed by atoms with Gasteiger partial charge >= 0.3 is 0 Å². The van der Waals surface area contributed by atoms with Crippen LogP contribution in [0.25, 0.3) is 0 Å². The number of rotatable bonds is 4. The molecule has 0 spiro atoms. The third kappa shape index (κ3) is 2.59. The zero-order valence-corrected chi connectivity index (χ0v) is 8.75. The molecular weight excluding hydrogens is 162 g/mol. The predicted octanol–water partition coefficient (Wildman–Crippen LogP) is 2.12. The maximum Gasteiger partial charge on any atom is 0.0476 e. The Morgan fingerprint density at radius 3 is 2.54 bits per heavy atom. The molecule has 1 heterocycles. The van der Waals surface area contributed by atoms with Gasteiger partial charge in [-0.05, 0) is 37.8 Å². The third-order valence-electron chi connectivity index (χ3n) is 2.54. The van der Waals surface area contributed by atoms with E-state index in [1.807, 2.05) is 0 Å². The fraction of sp³-hybridized carbons (Fsp3) is 0.636. The van der Waals surface area contributed by atoms with E-state index >= 15 is 0 Å². The van der Waals surface area contributed by atoms with E-state index in [9.17, 15) is 0 Å². The first kappa shape index (κ1) is 10.3. The molecule has 0 radical (unpaired) electrons. The van der Waals surface area contributed by atoms with Gasteiger partial charge in [0.2, 0.25) is 0 Å².